The predicted molar refractivity (Wildman–Crippen MR) is 90.3 cm³/mol. The first kappa shape index (κ1) is 15.8. The number of hydrogen-bond acceptors (Lipinski definition) is 3. The number of carbonyl (C=O) groups excluding carboxylic acids is 1. The Balaban J connectivity index is 1.83. The summed E-state index contributed by atoms with van der Waals surface area (Å²) in [7, 11) is 1.67. The molecule has 4 nitrogen and oxygen atoms in total. The monoisotopic (exact) mass is 330 g/mol. The van der Waals surface area contributed by atoms with Crippen molar-refractivity contribution >= 4 is 17.5 Å². The minimum absolute atomic E-state index is 0.000729. The van der Waals surface area contributed by atoms with Crippen molar-refractivity contribution in [2.45, 2.75) is 19.3 Å². The first-order valence-electron chi connectivity index (χ1n) is 7.66. The highest BCUT2D eigenvalue weighted by molar-refractivity contribution is 6.29. The van der Waals surface area contributed by atoms with Crippen LogP contribution in [0.4, 0.5) is 0 Å². The summed E-state index contributed by atoms with van der Waals surface area (Å²) in [6.07, 6.45) is 2.38. The van der Waals surface area contributed by atoms with Crippen molar-refractivity contribution in [3.63, 3.8) is 0 Å². The second kappa shape index (κ2) is 6.59. The molecule has 1 amide bonds. The maximum absolute atomic E-state index is 12.7. The van der Waals surface area contributed by atoms with E-state index in [2.05, 4.69) is 24.0 Å². The van der Waals surface area contributed by atoms with Gasteiger partial charge in [0.15, 0.2) is 0 Å². The summed E-state index contributed by atoms with van der Waals surface area (Å²) in [6, 6.07) is 9.53. The third-order valence-corrected chi connectivity index (χ3v) is 4.51. The van der Waals surface area contributed by atoms with Crippen molar-refractivity contribution < 1.29 is 9.53 Å². The van der Waals surface area contributed by atoms with Crippen molar-refractivity contribution in [1.82, 2.24) is 9.88 Å². The van der Waals surface area contributed by atoms with E-state index in [0.29, 0.717) is 23.8 Å². The van der Waals surface area contributed by atoms with Crippen LogP contribution < -0.4 is 4.74 Å². The van der Waals surface area contributed by atoms with Crippen LogP contribution in [0.2, 0.25) is 5.15 Å². The molecule has 0 aliphatic carbocycles. The number of benzene rings is 1. The Morgan fingerprint density at radius 1 is 1.35 bits per heavy atom. The Labute approximate surface area is 141 Å². The Morgan fingerprint density at radius 3 is 2.87 bits per heavy atom. The summed E-state index contributed by atoms with van der Waals surface area (Å²) >= 11 is 5.79. The van der Waals surface area contributed by atoms with E-state index >= 15 is 0 Å². The van der Waals surface area contributed by atoms with Gasteiger partial charge >= 0.3 is 0 Å². The van der Waals surface area contributed by atoms with Gasteiger partial charge in [-0.15, -0.1) is 0 Å². The first-order chi connectivity index (χ1) is 11.1. The molecule has 1 aliphatic heterocycles. The molecule has 2 heterocycles. The lowest BCUT2D eigenvalue weighted by atomic mass is 9.95. The van der Waals surface area contributed by atoms with E-state index in [1.807, 2.05) is 11.0 Å². The van der Waals surface area contributed by atoms with Crippen LogP contribution in [0.3, 0.4) is 0 Å². The van der Waals surface area contributed by atoms with Crippen LogP contribution in [-0.2, 0) is 6.42 Å². The van der Waals surface area contributed by atoms with E-state index in [1.54, 1.807) is 19.2 Å². The van der Waals surface area contributed by atoms with Crippen molar-refractivity contribution in [1.29, 1.82) is 0 Å². The number of fused-ring (bicyclic) bond motifs is 1. The molecule has 1 aliphatic rings. The van der Waals surface area contributed by atoms with Crippen LogP contribution in [0.25, 0.3) is 0 Å². The van der Waals surface area contributed by atoms with E-state index in [-0.39, 0.29) is 11.8 Å². The largest absolute Gasteiger partial charge is 0.497 e. The predicted octanol–water partition coefficient (Wildman–Crippen LogP) is 3.55. The van der Waals surface area contributed by atoms with Crippen LogP contribution in [0.1, 0.15) is 34.3 Å². The zero-order valence-electron chi connectivity index (χ0n) is 13.3. The second-order valence-corrected chi connectivity index (χ2v) is 6.22. The third kappa shape index (κ3) is 3.32. The lowest BCUT2D eigenvalue weighted by Gasteiger charge is -2.23. The fourth-order valence-corrected chi connectivity index (χ4v) is 3.14. The second-order valence-electron chi connectivity index (χ2n) is 5.84. The molecule has 3 rings (SSSR count). The van der Waals surface area contributed by atoms with E-state index in [9.17, 15) is 4.79 Å². The summed E-state index contributed by atoms with van der Waals surface area (Å²) in [6.45, 7) is 3.52. The van der Waals surface area contributed by atoms with E-state index in [4.69, 9.17) is 16.3 Å². The third-order valence-electron chi connectivity index (χ3n) is 4.29. The van der Waals surface area contributed by atoms with Gasteiger partial charge in [-0.25, -0.2) is 4.98 Å². The van der Waals surface area contributed by atoms with Crippen molar-refractivity contribution in [2.24, 2.45) is 0 Å². The number of aromatic nitrogens is 1. The van der Waals surface area contributed by atoms with E-state index in [0.717, 1.165) is 12.2 Å². The highest BCUT2D eigenvalue weighted by Crippen LogP contribution is 2.29. The average molecular weight is 331 g/mol. The van der Waals surface area contributed by atoms with E-state index < -0.39 is 0 Å². The molecule has 0 fully saturated rings. The Morgan fingerprint density at radius 2 is 2.17 bits per heavy atom. The molecule has 1 unspecified atom stereocenters. The topological polar surface area (TPSA) is 42.4 Å². The molecule has 5 heteroatoms. The minimum Gasteiger partial charge on any atom is -0.497 e. The zero-order chi connectivity index (χ0) is 16.4. The van der Waals surface area contributed by atoms with Crippen LogP contribution >= 0.6 is 11.6 Å². The fraction of sp³-hybridized carbons (Fsp3) is 0.333. The van der Waals surface area contributed by atoms with Crippen molar-refractivity contribution in [3.05, 3.63) is 58.4 Å². The lowest BCUT2D eigenvalue weighted by Crippen LogP contribution is -2.34. The van der Waals surface area contributed by atoms with Gasteiger partial charge in [-0.1, -0.05) is 24.6 Å². The summed E-state index contributed by atoms with van der Waals surface area (Å²) in [5.41, 5.74) is 3.11. The minimum atomic E-state index is 0.000729. The van der Waals surface area contributed by atoms with Gasteiger partial charge in [0.25, 0.3) is 5.91 Å². The standard InChI is InChI=1S/C18H19ClN2O2/c1-12-11-21(18(22)14-4-6-17(19)20-10-14)8-7-13-3-5-15(23-2)9-16(12)13/h3-6,9-10,12H,7-8,11H2,1-2H3. The van der Waals surface area contributed by atoms with Crippen LogP contribution in [0.5, 0.6) is 5.75 Å². The van der Waals surface area contributed by atoms with Gasteiger partial charge in [-0.05, 0) is 47.7 Å². The molecule has 120 valence electrons. The Bertz CT molecular complexity index is 715. The molecular weight excluding hydrogens is 312 g/mol. The number of hydrogen-bond donors (Lipinski definition) is 0. The van der Waals surface area contributed by atoms with Gasteiger partial charge in [0, 0.05) is 19.3 Å². The summed E-state index contributed by atoms with van der Waals surface area (Å²) in [4.78, 5) is 18.6. The normalized spacial score (nSPS) is 17.3. The molecule has 1 aromatic carbocycles. The highest BCUT2D eigenvalue weighted by atomic mass is 35.5. The quantitative estimate of drug-likeness (QED) is 0.791. The lowest BCUT2D eigenvalue weighted by molar-refractivity contribution is 0.0753. The molecule has 0 N–H and O–H groups in total. The Kier molecular flexibility index (Phi) is 4.53. The van der Waals surface area contributed by atoms with Crippen molar-refractivity contribution in [2.75, 3.05) is 20.2 Å². The van der Waals surface area contributed by atoms with Gasteiger partial charge in [-0.3, -0.25) is 4.79 Å². The molecule has 2 aromatic rings. The average Bonchev–Trinajstić information content (AvgIpc) is 2.74. The summed E-state index contributed by atoms with van der Waals surface area (Å²) in [5, 5.41) is 0.394. The molecule has 23 heavy (non-hydrogen) atoms. The number of amides is 1. The smallest absolute Gasteiger partial charge is 0.255 e. The molecule has 0 saturated heterocycles. The van der Waals surface area contributed by atoms with Gasteiger partial charge in [0.05, 0.1) is 12.7 Å². The number of ether oxygens (including phenoxy) is 1. The number of halogens is 1. The van der Waals surface area contributed by atoms with Gasteiger partial charge in [0.2, 0.25) is 0 Å². The van der Waals surface area contributed by atoms with Crippen LogP contribution in [0.15, 0.2) is 36.5 Å². The number of carbonyl (C=O) groups is 1. The maximum atomic E-state index is 12.7. The maximum Gasteiger partial charge on any atom is 0.255 e. The van der Waals surface area contributed by atoms with Crippen LogP contribution in [-0.4, -0.2) is 36.0 Å². The molecule has 1 aromatic heterocycles. The van der Waals surface area contributed by atoms with Gasteiger partial charge in [0.1, 0.15) is 10.9 Å². The summed E-state index contributed by atoms with van der Waals surface area (Å²) < 4.78 is 5.32. The van der Waals surface area contributed by atoms with Crippen LogP contribution in [0, 0.1) is 0 Å². The highest BCUT2D eigenvalue weighted by Gasteiger charge is 2.24. The number of rotatable bonds is 2. The number of methoxy groups -OCH3 is 1. The molecular formula is C18H19ClN2O2. The number of nitrogens with zero attached hydrogens (tertiary/aromatic N) is 2. The molecule has 0 saturated carbocycles. The zero-order valence-corrected chi connectivity index (χ0v) is 14.0. The van der Waals surface area contributed by atoms with Gasteiger partial charge in [-0.2, -0.15) is 0 Å². The first-order valence-corrected chi connectivity index (χ1v) is 8.04. The Hall–Kier alpha value is -2.07. The molecule has 0 bridgehead atoms. The summed E-state index contributed by atoms with van der Waals surface area (Å²) in [5.74, 6) is 1.12. The molecule has 1 atom stereocenters. The van der Waals surface area contributed by atoms with Crippen molar-refractivity contribution in [3.8, 4) is 5.75 Å². The van der Waals surface area contributed by atoms with E-state index in [1.165, 1.54) is 17.3 Å². The van der Waals surface area contributed by atoms with Gasteiger partial charge < -0.3 is 9.64 Å². The molecule has 0 spiro atoms. The number of pyridine rings is 1. The SMILES string of the molecule is COc1ccc2c(c1)C(C)CN(C(=O)c1ccc(Cl)nc1)CC2. The fourth-order valence-electron chi connectivity index (χ4n) is 3.03. The molecule has 0 radical (unpaired) electrons.